The zero-order chi connectivity index (χ0) is 13.9. The van der Waals surface area contributed by atoms with E-state index in [2.05, 4.69) is 0 Å². The molecule has 0 saturated carbocycles. The first kappa shape index (κ1) is 15.5. The second-order valence-electron chi connectivity index (χ2n) is 4.53. The molecule has 106 valence electrons. The average molecular weight is 266 g/mol. The molecule has 0 atom stereocenters. The molecule has 0 aliphatic heterocycles. The Morgan fingerprint density at radius 1 is 0.947 bits per heavy atom. The molecule has 1 aromatic rings. The van der Waals surface area contributed by atoms with Crippen LogP contribution in [0.3, 0.4) is 0 Å². The van der Waals surface area contributed by atoms with Gasteiger partial charge < -0.3 is 14.9 Å². The van der Waals surface area contributed by atoms with Crippen molar-refractivity contribution in [1.29, 1.82) is 0 Å². The lowest BCUT2D eigenvalue weighted by molar-refractivity contribution is 0.0497. The molecule has 4 nitrogen and oxygen atoms in total. The first-order chi connectivity index (χ1) is 9.24. The fraction of sp³-hybridized carbons (Fsp3) is 0.533. The highest BCUT2D eigenvalue weighted by Crippen LogP contribution is 2.11. The van der Waals surface area contributed by atoms with Gasteiger partial charge in [0.15, 0.2) is 0 Å². The summed E-state index contributed by atoms with van der Waals surface area (Å²) in [6.45, 7) is 0.698. The quantitative estimate of drug-likeness (QED) is 0.533. The van der Waals surface area contributed by atoms with Gasteiger partial charge in [-0.25, -0.2) is 4.79 Å². The van der Waals surface area contributed by atoms with Crippen molar-refractivity contribution in [3.8, 4) is 5.75 Å². The maximum atomic E-state index is 11.6. The molecular weight excluding hydrogens is 244 g/mol. The van der Waals surface area contributed by atoms with Crippen LogP contribution >= 0.6 is 0 Å². The molecule has 0 aliphatic carbocycles. The largest absolute Gasteiger partial charge is 0.508 e. The summed E-state index contributed by atoms with van der Waals surface area (Å²) in [4.78, 5) is 11.6. The number of aliphatic hydroxyl groups excluding tert-OH is 1. The molecule has 4 heteroatoms. The second-order valence-corrected chi connectivity index (χ2v) is 4.53. The molecule has 0 saturated heterocycles. The Kier molecular flexibility index (Phi) is 7.66. The molecule has 2 N–H and O–H groups in total. The second kappa shape index (κ2) is 9.39. The number of aliphatic hydroxyl groups is 1. The summed E-state index contributed by atoms with van der Waals surface area (Å²) in [6, 6.07) is 6.04. The van der Waals surface area contributed by atoms with E-state index in [9.17, 15) is 4.79 Å². The van der Waals surface area contributed by atoms with Crippen molar-refractivity contribution in [1.82, 2.24) is 0 Å². The molecule has 19 heavy (non-hydrogen) atoms. The van der Waals surface area contributed by atoms with E-state index in [0.717, 1.165) is 38.5 Å². The Hall–Kier alpha value is -1.55. The summed E-state index contributed by atoms with van der Waals surface area (Å²) in [7, 11) is 0. The minimum atomic E-state index is -0.347. The number of phenolic OH excluding ortho intramolecular Hbond substituents is 1. The molecule has 0 radical (unpaired) electrons. The lowest BCUT2D eigenvalue weighted by Gasteiger charge is -2.05. The number of carbonyl (C=O) groups is 1. The van der Waals surface area contributed by atoms with Gasteiger partial charge in [0, 0.05) is 6.61 Å². The van der Waals surface area contributed by atoms with Gasteiger partial charge in [0.05, 0.1) is 12.2 Å². The number of ether oxygens (including phenoxy) is 1. The Labute approximate surface area is 114 Å². The van der Waals surface area contributed by atoms with Crippen molar-refractivity contribution in [3.05, 3.63) is 29.8 Å². The highest BCUT2D eigenvalue weighted by Gasteiger charge is 2.06. The lowest BCUT2D eigenvalue weighted by atomic mass is 10.1. The Bertz CT molecular complexity index is 359. The molecular formula is C15H22O4. The number of hydrogen-bond donors (Lipinski definition) is 2. The number of hydrogen-bond acceptors (Lipinski definition) is 4. The lowest BCUT2D eigenvalue weighted by Crippen LogP contribution is -2.06. The van der Waals surface area contributed by atoms with Crippen molar-refractivity contribution < 1.29 is 19.7 Å². The van der Waals surface area contributed by atoms with E-state index in [1.165, 1.54) is 12.1 Å². The third kappa shape index (κ3) is 6.82. The minimum absolute atomic E-state index is 0.138. The molecule has 0 aromatic heterocycles. The molecule has 1 aromatic carbocycles. The van der Waals surface area contributed by atoms with Crippen LogP contribution in [0.4, 0.5) is 0 Å². The van der Waals surface area contributed by atoms with Gasteiger partial charge in [-0.1, -0.05) is 25.7 Å². The van der Waals surface area contributed by atoms with E-state index in [4.69, 9.17) is 14.9 Å². The van der Waals surface area contributed by atoms with E-state index < -0.39 is 0 Å². The first-order valence-corrected chi connectivity index (χ1v) is 6.81. The topological polar surface area (TPSA) is 66.8 Å². The van der Waals surface area contributed by atoms with Crippen LogP contribution in [0.5, 0.6) is 5.75 Å². The smallest absolute Gasteiger partial charge is 0.338 e. The van der Waals surface area contributed by atoms with E-state index in [1.54, 1.807) is 12.1 Å². The predicted molar refractivity (Wildman–Crippen MR) is 73.2 cm³/mol. The van der Waals surface area contributed by atoms with Gasteiger partial charge in [0.25, 0.3) is 0 Å². The summed E-state index contributed by atoms with van der Waals surface area (Å²) in [5.41, 5.74) is 0.459. The van der Waals surface area contributed by atoms with Crippen LogP contribution in [0.25, 0.3) is 0 Å². The first-order valence-electron chi connectivity index (χ1n) is 6.81. The van der Waals surface area contributed by atoms with Gasteiger partial charge in [-0.15, -0.1) is 0 Å². The summed E-state index contributed by atoms with van der Waals surface area (Å²) in [6.07, 6.45) is 6.06. The predicted octanol–water partition coefficient (Wildman–Crippen LogP) is 2.88. The van der Waals surface area contributed by atoms with Crippen LogP contribution in [0.15, 0.2) is 24.3 Å². The summed E-state index contributed by atoms with van der Waals surface area (Å²) >= 11 is 0. The van der Waals surface area contributed by atoms with Crippen LogP contribution in [0, 0.1) is 0 Å². The zero-order valence-corrected chi connectivity index (χ0v) is 11.2. The number of aromatic hydroxyl groups is 1. The standard InChI is InChI=1S/C15H22O4/c16-11-5-3-1-2-4-6-12-19-15(18)13-7-9-14(17)10-8-13/h7-10,16-17H,1-6,11-12H2. The molecule has 0 spiro atoms. The van der Waals surface area contributed by atoms with Gasteiger partial charge >= 0.3 is 5.97 Å². The molecule has 0 aliphatic rings. The fourth-order valence-corrected chi connectivity index (χ4v) is 1.77. The van der Waals surface area contributed by atoms with Crippen molar-refractivity contribution in [2.24, 2.45) is 0 Å². The maximum absolute atomic E-state index is 11.6. The van der Waals surface area contributed by atoms with Gasteiger partial charge in [0.2, 0.25) is 0 Å². The van der Waals surface area contributed by atoms with Crippen LogP contribution in [-0.4, -0.2) is 29.4 Å². The van der Waals surface area contributed by atoms with E-state index in [1.807, 2.05) is 0 Å². The van der Waals surface area contributed by atoms with Crippen LogP contribution < -0.4 is 0 Å². The SMILES string of the molecule is O=C(OCCCCCCCCO)c1ccc(O)cc1. The fourth-order valence-electron chi connectivity index (χ4n) is 1.77. The summed E-state index contributed by atoms with van der Waals surface area (Å²) in [5.74, 6) is -0.209. The number of benzene rings is 1. The van der Waals surface area contributed by atoms with E-state index in [-0.39, 0.29) is 18.3 Å². The molecule has 0 heterocycles. The number of rotatable bonds is 9. The number of esters is 1. The minimum Gasteiger partial charge on any atom is -0.508 e. The van der Waals surface area contributed by atoms with Crippen molar-refractivity contribution in [3.63, 3.8) is 0 Å². The molecule has 0 unspecified atom stereocenters. The normalized spacial score (nSPS) is 10.4. The maximum Gasteiger partial charge on any atom is 0.338 e. The molecule has 1 rings (SSSR count). The van der Waals surface area contributed by atoms with Crippen LogP contribution in [0.1, 0.15) is 48.9 Å². The third-order valence-electron chi connectivity index (χ3n) is 2.89. The van der Waals surface area contributed by atoms with Crippen LogP contribution in [0.2, 0.25) is 0 Å². The van der Waals surface area contributed by atoms with Gasteiger partial charge in [-0.2, -0.15) is 0 Å². The van der Waals surface area contributed by atoms with E-state index in [0.29, 0.717) is 12.2 Å². The number of phenols is 1. The van der Waals surface area contributed by atoms with Crippen molar-refractivity contribution in [2.45, 2.75) is 38.5 Å². The third-order valence-corrected chi connectivity index (χ3v) is 2.89. The van der Waals surface area contributed by atoms with E-state index >= 15 is 0 Å². The number of carbonyl (C=O) groups excluding carboxylic acids is 1. The van der Waals surface area contributed by atoms with Gasteiger partial charge in [-0.05, 0) is 37.1 Å². The van der Waals surface area contributed by atoms with Crippen molar-refractivity contribution >= 4 is 5.97 Å². The van der Waals surface area contributed by atoms with Crippen molar-refractivity contribution in [2.75, 3.05) is 13.2 Å². The zero-order valence-electron chi connectivity index (χ0n) is 11.2. The highest BCUT2D eigenvalue weighted by molar-refractivity contribution is 5.89. The number of unbranched alkanes of at least 4 members (excludes halogenated alkanes) is 5. The highest BCUT2D eigenvalue weighted by atomic mass is 16.5. The van der Waals surface area contributed by atoms with Gasteiger partial charge in [-0.3, -0.25) is 0 Å². The molecule has 0 fully saturated rings. The summed E-state index contributed by atoms with van der Waals surface area (Å²) in [5, 5.41) is 17.7. The van der Waals surface area contributed by atoms with Gasteiger partial charge in [0.1, 0.15) is 5.75 Å². The Balaban J connectivity index is 2.06. The molecule has 0 bridgehead atoms. The Morgan fingerprint density at radius 2 is 1.53 bits per heavy atom. The van der Waals surface area contributed by atoms with Crippen LogP contribution in [-0.2, 0) is 4.74 Å². The summed E-state index contributed by atoms with van der Waals surface area (Å²) < 4.78 is 5.14. The monoisotopic (exact) mass is 266 g/mol. The molecule has 0 amide bonds. The average Bonchev–Trinajstić information content (AvgIpc) is 2.42. The Morgan fingerprint density at radius 3 is 2.16 bits per heavy atom.